The fourth-order valence-corrected chi connectivity index (χ4v) is 4.59. The maximum atomic E-state index is 13.7. The number of hydrogen-bond acceptors (Lipinski definition) is 4. The molecule has 9 heteroatoms. The first-order chi connectivity index (χ1) is 16.3. The Kier molecular flexibility index (Phi) is 8.21. The quantitative estimate of drug-likeness (QED) is 0.479. The number of halogens is 3. The van der Waals surface area contributed by atoms with Crippen LogP contribution in [0, 0.1) is 11.6 Å². The van der Waals surface area contributed by atoms with Crippen LogP contribution in [0.4, 0.5) is 13.6 Å². The molecular formula is C26H31BrF2N2O4. The monoisotopic (exact) mass is 552 g/mol. The van der Waals surface area contributed by atoms with Gasteiger partial charge in [0.15, 0.2) is 0 Å². The lowest BCUT2D eigenvalue weighted by Gasteiger charge is -2.37. The van der Waals surface area contributed by atoms with Crippen molar-refractivity contribution in [3.63, 3.8) is 0 Å². The summed E-state index contributed by atoms with van der Waals surface area (Å²) in [5, 5.41) is 13.9. The summed E-state index contributed by atoms with van der Waals surface area (Å²) < 4.78 is 34.0. The maximum absolute atomic E-state index is 13.7. The van der Waals surface area contributed by atoms with Gasteiger partial charge in [-0.15, -0.1) is 0 Å². The molecule has 0 heterocycles. The molecule has 35 heavy (non-hydrogen) atoms. The molecule has 2 N–H and O–H groups in total. The summed E-state index contributed by atoms with van der Waals surface area (Å²) in [6.45, 7) is 6.43. The second kappa shape index (κ2) is 10.6. The van der Waals surface area contributed by atoms with Gasteiger partial charge in [-0.05, 0) is 75.4 Å². The first-order valence-electron chi connectivity index (χ1n) is 11.5. The standard InChI is InChI=1S/C26H31BrF2N2O4/c1-16(32)30-22(12-17-10-20(28)14-21(29)11-17)23(33)15-31(24(34)35-25(2,3)4)26(8-9-26)18-6-5-7-19(27)13-18/h5-7,10-11,13-14,22-23,33H,8-9,12,15H2,1-4H3,(H,30,32)/t22-,23+/m0/s1. The predicted molar refractivity (Wildman–Crippen MR) is 132 cm³/mol. The van der Waals surface area contributed by atoms with Crippen molar-refractivity contribution < 1.29 is 28.2 Å². The number of aliphatic hydroxyl groups excluding tert-OH is 1. The Bertz CT molecular complexity index is 1070. The second-order valence-corrected chi connectivity index (χ2v) is 10.9. The van der Waals surface area contributed by atoms with E-state index in [9.17, 15) is 23.5 Å². The van der Waals surface area contributed by atoms with Crippen LogP contribution in [0.2, 0.25) is 0 Å². The third-order valence-corrected chi connectivity index (χ3v) is 6.31. The molecule has 2 aromatic rings. The van der Waals surface area contributed by atoms with Crippen LogP contribution in [-0.4, -0.2) is 46.3 Å². The van der Waals surface area contributed by atoms with E-state index < -0.39 is 46.9 Å². The van der Waals surface area contributed by atoms with Crippen molar-refractivity contribution in [2.75, 3.05) is 6.54 Å². The van der Waals surface area contributed by atoms with Crippen LogP contribution in [0.3, 0.4) is 0 Å². The molecule has 0 aliphatic heterocycles. The molecule has 2 aromatic carbocycles. The number of ether oxygens (including phenoxy) is 1. The van der Waals surface area contributed by atoms with E-state index in [0.29, 0.717) is 12.8 Å². The van der Waals surface area contributed by atoms with Gasteiger partial charge in [0.1, 0.15) is 17.2 Å². The van der Waals surface area contributed by atoms with Gasteiger partial charge in [-0.1, -0.05) is 28.1 Å². The Hall–Kier alpha value is -2.52. The highest BCUT2D eigenvalue weighted by Crippen LogP contribution is 2.52. The van der Waals surface area contributed by atoms with Crippen molar-refractivity contribution >= 4 is 27.9 Å². The van der Waals surface area contributed by atoms with Gasteiger partial charge >= 0.3 is 6.09 Å². The molecule has 1 fully saturated rings. The van der Waals surface area contributed by atoms with Crippen molar-refractivity contribution in [3.8, 4) is 0 Å². The normalized spacial score (nSPS) is 16.2. The molecule has 0 saturated heterocycles. The van der Waals surface area contributed by atoms with Crippen LogP contribution >= 0.6 is 15.9 Å². The number of rotatable bonds is 8. The van der Waals surface area contributed by atoms with Gasteiger partial charge in [-0.25, -0.2) is 13.6 Å². The Labute approximate surface area is 212 Å². The van der Waals surface area contributed by atoms with Crippen LogP contribution in [0.5, 0.6) is 0 Å². The first kappa shape index (κ1) is 27.1. The molecule has 3 rings (SSSR count). The van der Waals surface area contributed by atoms with E-state index in [2.05, 4.69) is 21.2 Å². The van der Waals surface area contributed by atoms with Crippen molar-refractivity contribution in [1.29, 1.82) is 0 Å². The first-order valence-corrected chi connectivity index (χ1v) is 12.3. The average molecular weight is 553 g/mol. The van der Waals surface area contributed by atoms with E-state index in [-0.39, 0.29) is 18.5 Å². The minimum atomic E-state index is -1.23. The molecule has 2 atom stereocenters. The largest absolute Gasteiger partial charge is 0.444 e. The lowest BCUT2D eigenvalue weighted by molar-refractivity contribution is -0.120. The number of amides is 2. The molecule has 1 saturated carbocycles. The summed E-state index contributed by atoms with van der Waals surface area (Å²) in [5.74, 6) is -1.92. The summed E-state index contributed by atoms with van der Waals surface area (Å²) in [7, 11) is 0. The minimum Gasteiger partial charge on any atom is -0.444 e. The van der Waals surface area contributed by atoms with Gasteiger partial charge in [0.2, 0.25) is 5.91 Å². The molecule has 0 bridgehead atoms. The zero-order valence-corrected chi connectivity index (χ0v) is 21.9. The molecule has 190 valence electrons. The minimum absolute atomic E-state index is 0.0263. The van der Waals surface area contributed by atoms with E-state index >= 15 is 0 Å². The van der Waals surface area contributed by atoms with Gasteiger partial charge in [0.05, 0.1) is 24.2 Å². The molecule has 1 aliphatic carbocycles. The van der Waals surface area contributed by atoms with Gasteiger partial charge < -0.3 is 15.2 Å². The maximum Gasteiger partial charge on any atom is 0.411 e. The summed E-state index contributed by atoms with van der Waals surface area (Å²) in [4.78, 5) is 26.7. The predicted octanol–water partition coefficient (Wildman–Crippen LogP) is 5.06. The lowest BCUT2D eigenvalue weighted by Crippen LogP contribution is -2.53. The van der Waals surface area contributed by atoms with Crippen LogP contribution in [0.25, 0.3) is 0 Å². The number of carbonyl (C=O) groups is 2. The molecule has 0 aromatic heterocycles. The molecule has 1 aliphatic rings. The van der Waals surface area contributed by atoms with Gasteiger partial charge in [-0.3, -0.25) is 9.69 Å². The third kappa shape index (κ3) is 7.24. The second-order valence-electron chi connectivity index (χ2n) is 9.99. The molecule has 6 nitrogen and oxygen atoms in total. The van der Waals surface area contributed by atoms with Crippen LogP contribution in [0.15, 0.2) is 46.9 Å². The van der Waals surface area contributed by atoms with E-state index in [4.69, 9.17) is 4.74 Å². The third-order valence-electron chi connectivity index (χ3n) is 5.82. The number of nitrogens with zero attached hydrogens (tertiary/aromatic N) is 1. The highest BCUT2D eigenvalue weighted by Gasteiger charge is 2.53. The van der Waals surface area contributed by atoms with Crippen LogP contribution in [-0.2, 0) is 21.5 Å². The summed E-state index contributed by atoms with van der Waals surface area (Å²) in [5.41, 5.74) is -0.256. The topological polar surface area (TPSA) is 78.9 Å². The van der Waals surface area contributed by atoms with Crippen LogP contribution < -0.4 is 5.32 Å². The van der Waals surface area contributed by atoms with Crippen LogP contribution in [0.1, 0.15) is 51.7 Å². The Morgan fingerprint density at radius 1 is 1.17 bits per heavy atom. The molecule has 0 radical (unpaired) electrons. The highest BCUT2D eigenvalue weighted by atomic mass is 79.9. The Balaban J connectivity index is 1.91. The lowest BCUT2D eigenvalue weighted by atomic mass is 9.98. The van der Waals surface area contributed by atoms with Gasteiger partial charge in [0.25, 0.3) is 0 Å². The van der Waals surface area contributed by atoms with Crippen molar-refractivity contribution in [1.82, 2.24) is 10.2 Å². The zero-order chi connectivity index (χ0) is 26.0. The summed E-state index contributed by atoms with van der Waals surface area (Å²) >= 11 is 3.47. The fourth-order valence-electron chi connectivity index (χ4n) is 4.19. The Morgan fingerprint density at radius 2 is 1.80 bits per heavy atom. The van der Waals surface area contributed by atoms with Crippen molar-refractivity contribution in [2.45, 2.75) is 70.2 Å². The molecule has 0 spiro atoms. The summed E-state index contributed by atoms with van der Waals surface area (Å²) in [6, 6.07) is 9.78. The number of carbonyl (C=O) groups excluding carboxylic acids is 2. The average Bonchev–Trinajstić information content (AvgIpc) is 3.50. The number of aliphatic hydroxyl groups is 1. The smallest absolute Gasteiger partial charge is 0.411 e. The molecular weight excluding hydrogens is 522 g/mol. The van der Waals surface area contributed by atoms with E-state index in [1.54, 1.807) is 20.8 Å². The highest BCUT2D eigenvalue weighted by molar-refractivity contribution is 9.10. The fraction of sp³-hybridized carbons (Fsp3) is 0.462. The number of nitrogens with one attached hydrogen (secondary N) is 1. The number of benzene rings is 2. The van der Waals surface area contributed by atoms with Crippen molar-refractivity contribution in [2.24, 2.45) is 0 Å². The van der Waals surface area contributed by atoms with E-state index in [0.717, 1.165) is 28.2 Å². The zero-order valence-electron chi connectivity index (χ0n) is 20.3. The van der Waals surface area contributed by atoms with E-state index in [1.807, 2.05) is 24.3 Å². The van der Waals surface area contributed by atoms with Gasteiger partial charge in [0, 0.05) is 17.5 Å². The number of hydrogen-bond donors (Lipinski definition) is 2. The SMILES string of the molecule is CC(=O)N[C@@H](Cc1cc(F)cc(F)c1)[C@H](O)CN(C(=O)OC(C)(C)C)C1(c2cccc(Br)c2)CC1. The summed E-state index contributed by atoms with van der Waals surface area (Å²) in [6.07, 6.45) is -0.499. The van der Waals surface area contributed by atoms with E-state index in [1.165, 1.54) is 11.8 Å². The van der Waals surface area contributed by atoms with Gasteiger partial charge in [-0.2, -0.15) is 0 Å². The molecule has 0 unspecified atom stereocenters. The van der Waals surface area contributed by atoms with Crippen molar-refractivity contribution in [3.05, 3.63) is 69.7 Å². The Morgan fingerprint density at radius 3 is 2.31 bits per heavy atom. The molecule has 2 amide bonds.